The first kappa shape index (κ1) is 7.94. The average molecular weight is 182 g/mol. The second-order valence-corrected chi connectivity index (χ2v) is 4.44. The molecule has 1 spiro atoms. The Hall–Kier alpha value is -0.410. The molecule has 2 bridgehead atoms. The number of carbonyl (C=O) groups excluding carboxylic acids is 1. The minimum atomic E-state index is -0.274. The number of ether oxygens (including phenoxy) is 2. The Bertz CT molecular complexity index is 232. The average Bonchev–Trinajstić information content (AvgIpc) is 2.80. The Kier molecular flexibility index (Phi) is 1.56. The van der Waals surface area contributed by atoms with Crippen LogP contribution in [-0.4, -0.2) is 25.3 Å². The zero-order valence-corrected chi connectivity index (χ0v) is 7.57. The van der Waals surface area contributed by atoms with E-state index in [1.165, 1.54) is 0 Å². The van der Waals surface area contributed by atoms with Gasteiger partial charge in [-0.3, -0.25) is 0 Å². The highest BCUT2D eigenvalue weighted by molar-refractivity contribution is 5.55. The van der Waals surface area contributed by atoms with Crippen LogP contribution in [0, 0.1) is 17.8 Å². The third kappa shape index (κ3) is 0.945. The standard InChI is InChI=1S/C10H14O3/c11-6-8-4-9-3-7(8)5-10(9)12-1-2-13-10/h6-9H,1-5H2/t7-,8+,9-/m1/s1. The number of rotatable bonds is 1. The lowest BCUT2D eigenvalue weighted by molar-refractivity contribution is -0.194. The third-order valence-corrected chi connectivity index (χ3v) is 3.87. The summed E-state index contributed by atoms with van der Waals surface area (Å²) in [5.41, 5.74) is 0. The summed E-state index contributed by atoms with van der Waals surface area (Å²) >= 11 is 0. The lowest BCUT2D eigenvalue weighted by atomic mass is 9.86. The molecule has 0 aromatic carbocycles. The molecule has 1 aliphatic heterocycles. The van der Waals surface area contributed by atoms with Crippen LogP contribution in [0.15, 0.2) is 0 Å². The Morgan fingerprint density at radius 3 is 2.54 bits per heavy atom. The van der Waals surface area contributed by atoms with Crippen LogP contribution in [0.25, 0.3) is 0 Å². The summed E-state index contributed by atoms with van der Waals surface area (Å²) in [4.78, 5) is 10.7. The van der Waals surface area contributed by atoms with Gasteiger partial charge in [0.2, 0.25) is 0 Å². The first-order chi connectivity index (χ1) is 6.34. The van der Waals surface area contributed by atoms with Crippen molar-refractivity contribution in [3.8, 4) is 0 Å². The summed E-state index contributed by atoms with van der Waals surface area (Å²) < 4.78 is 11.4. The Morgan fingerprint density at radius 1 is 1.23 bits per heavy atom. The second-order valence-electron chi connectivity index (χ2n) is 4.44. The van der Waals surface area contributed by atoms with Crippen LogP contribution in [0.2, 0.25) is 0 Å². The molecule has 3 nitrogen and oxygen atoms in total. The summed E-state index contributed by atoms with van der Waals surface area (Å²) in [6.45, 7) is 1.46. The molecule has 1 saturated heterocycles. The van der Waals surface area contributed by atoms with Crippen LogP contribution in [0.4, 0.5) is 0 Å². The highest BCUT2D eigenvalue weighted by Gasteiger charge is 2.58. The zero-order chi connectivity index (χ0) is 8.89. The van der Waals surface area contributed by atoms with Crippen molar-refractivity contribution in [2.24, 2.45) is 17.8 Å². The molecule has 72 valence electrons. The third-order valence-electron chi connectivity index (χ3n) is 3.87. The first-order valence-electron chi connectivity index (χ1n) is 5.07. The molecule has 0 N–H and O–H groups in total. The highest BCUT2D eigenvalue weighted by atomic mass is 16.7. The molecular formula is C10H14O3. The quantitative estimate of drug-likeness (QED) is 0.567. The lowest BCUT2D eigenvalue weighted by Crippen LogP contribution is -2.38. The van der Waals surface area contributed by atoms with Crippen molar-refractivity contribution in [2.45, 2.75) is 25.0 Å². The number of fused-ring (bicyclic) bond motifs is 3. The van der Waals surface area contributed by atoms with E-state index < -0.39 is 0 Å². The van der Waals surface area contributed by atoms with Gasteiger partial charge in [-0.2, -0.15) is 0 Å². The molecule has 3 aliphatic rings. The summed E-state index contributed by atoms with van der Waals surface area (Å²) in [7, 11) is 0. The molecule has 0 unspecified atom stereocenters. The van der Waals surface area contributed by atoms with Gasteiger partial charge < -0.3 is 14.3 Å². The van der Waals surface area contributed by atoms with Crippen LogP contribution in [0.1, 0.15) is 19.3 Å². The van der Waals surface area contributed by atoms with Crippen LogP contribution in [-0.2, 0) is 14.3 Å². The van der Waals surface area contributed by atoms with Crippen molar-refractivity contribution in [2.75, 3.05) is 13.2 Å². The largest absolute Gasteiger partial charge is 0.347 e. The number of hydrogen-bond acceptors (Lipinski definition) is 3. The second kappa shape index (κ2) is 2.55. The van der Waals surface area contributed by atoms with Crippen LogP contribution in [0.3, 0.4) is 0 Å². The van der Waals surface area contributed by atoms with Crippen molar-refractivity contribution < 1.29 is 14.3 Å². The molecule has 0 radical (unpaired) electrons. The Balaban J connectivity index is 1.82. The summed E-state index contributed by atoms with van der Waals surface area (Å²) in [5.74, 6) is 1.02. The van der Waals surface area contributed by atoms with Gasteiger partial charge in [0, 0.05) is 18.3 Å². The number of hydrogen-bond donors (Lipinski definition) is 0. The van der Waals surface area contributed by atoms with E-state index in [0.29, 0.717) is 11.8 Å². The topological polar surface area (TPSA) is 35.5 Å². The minimum absolute atomic E-state index is 0.274. The van der Waals surface area contributed by atoms with E-state index >= 15 is 0 Å². The Morgan fingerprint density at radius 2 is 2.00 bits per heavy atom. The molecular weight excluding hydrogens is 168 g/mol. The van der Waals surface area contributed by atoms with Gasteiger partial charge in [-0.15, -0.1) is 0 Å². The maximum Gasteiger partial charge on any atom is 0.171 e. The highest BCUT2D eigenvalue weighted by Crippen LogP contribution is 2.56. The van der Waals surface area contributed by atoms with Gasteiger partial charge in [-0.25, -0.2) is 0 Å². The SMILES string of the molecule is O=C[C@@H]1C[C@H]2C[C@@H]1CC21OCCO1. The molecule has 13 heavy (non-hydrogen) atoms. The molecule has 3 rings (SSSR count). The minimum Gasteiger partial charge on any atom is -0.347 e. The van der Waals surface area contributed by atoms with Gasteiger partial charge in [-0.05, 0) is 18.8 Å². The van der Waals surface area contributed by atoms with Gasteiger partial charge in [0.25, 0.3) is 0 Å². The normalized spacial score (nSPS) is 46.0. The molecule has 2 aliphatic carbocycles. The van der Waals surface area contributed by atoms with E-state index in [1.807, 2.05) is 0 Å². The molecule has 1 heterocycles. The van der Waals surface area contributed by atoms with E-state index in [9.17, 15) is 4.79 Å². The smallest absolute Gasteiger partial charge is 0.171 e. The molecule has 0 aromatic heterocycles. The monoisotopic (exact) mass is 182 g/mol. The van der Waals surface area contributed by atoms with Gasteiger partial charge in [0.1, 0.15) is 6.29 Å². The number of carbonyl (C=O) groups is 1. The van der Waals surface area contributed by atoms with E-state index in [1.54, 1.807) is 0 Å². The molecule has 2 saturated carbocycles. The van der Waals surface area contributed by atoms with Crippen molar-refractivity contribution in [3.63, 3.8) is 0 Å². The Labute approximate surface area is 77.4 Å². The van der Waals surface area contributed by atoms with Crippen molar-refractivity contribution >= 4 is 6.29 Å². The predicted octanol–water partition coefficient (Wildman–Crippen LogP) is 0.974. The fourth-order valence-electron chi connectivity index (χ4n) is 3.27. The van der Waals surface area contributed by atoms with Crippen LogP contribution >= 0.6 is 0 Å². The number of aldehydes is 1. The molecule has 0 amide bonds. The molecule has 3 atom stereocenters. The van der Waals surface area contributed by atoms with Crippen molar-refractivity contribution in [3.05, 3.63) is 0 Å². The van der Waals surface area contributed by atoms with E-state index in [2.05, 4.69) is 0 Å². The fourth-order valence-corrected chi connectivity index (χ4v) is 3.27. The lowest BCUT2D eigenvalue weighted by Gasteiger charge is -2.33. The summed E-state index contributed by atoms with van der Waals surface area (Å²) in [6.07, 6.45) is 4.17. The van der Waals surface area contributed by atoms with E-state index in [-0.39, 0.29) is 11.7 Å². The van der Waals surface area contributed by atoms with Gasteiger partial charge in [0.15, 0.2) is 5.79 Å². The van der Waals surface area contributed by atoms with Crippen LogP contribution < -0.4 is 0 Å². The molecule has 3 heteroatoms. The first-order valence-corrected chi connectivity index (χ1v) is 5.07. The van der Waals surface area contributed by atoms with Crippen LogP contribution in [0.5, 0.6) is 0 Å². The summed E-state index contributed by atoms with van der Waals surface area (Å²) in [5, 5.41) is 0. The maximum absolute atomic E-state index is 10.7. The van der Waals surface area contributed by atoms with Crippen molar-refractivity contribution in [1.29, 1.82) is 0 Å². The molecule has 0 aromatic rings. The summed E-state index contributed by atoms with van der Waals surface area (Å²) in [6, 6.07) is 0. The maximum atomic E-state index is 10.7. The predicted molar refractivity (Wildman–Crippen MR) is 45.0 cm³/mol. The van der Waals surface area contributed by atoms with E-state index in [4.69, 9.17) is 9.47 Å². The van der Waals surface area contributed by atoms with Gasteiger partial charge in [-0.1, -0.05) is 0 Å². The van der Waals surface area contributed by atoms with Crippen molar-refractivity contribution in [1.82, 2.24) is 0 Å². The molecule has 3 fully saturated rings. The zero-order valence-electron chi connectivity index (χ0n) is 7.57. The fraction of sp³-hybridized carbons (Fsp3) is 0.900. The van der Waals surface area contributed by atoms with Gasteiger partial charge in [0.05, 0.1) is 13.2 Å². The van der Waals surface area contributed by atoms with Gasteiger partial charge >= 0.3 is 0 Å². The van der Waals surface area contributed by atoms with E-state index in [0.717, 1.165) is 38.8 Å².